The molecule has 0 aromatic carbocycles. The van der Waals surface area contributed by atoms with Crippen LogP contribution in [0.1, 0.15) is 39.5 Å². The molecule has 1 heterocycles. The van der Waals surface area contributed by atoms with Gasteiger partial charge in [0.25, 0.3) is 0 Å². The number of nitrogens with one attached hydrogen (secondary N) is 1. The molecule has 1 aliphatic carbocycles. The largest absolute Gasteiger partial charge is 0.355 e. The number of amides is 2. The molecule has 2 aliphatic rings. The molecule has 0 bridgehead atoms. The van der Waals surface area contributed by atoms with Crippen LogP contribution in [0.3, 0.4) is 0 Å². The van der Waals surface area contributed by atoms with Crippen molar-refractivity contribution in [2.24, 2.45) is 11.3 Å². The highest BCUT2D eigenvalue weighted by atomic mass is 32.2. The zero-order valence-corrected chi connectivity index (χ0v) is 14.4. The van der Waals surface area contributed by atoms with Crippen LogP contribution in [0.5, 0.6) is 0 Å². The minimum Gasteiger partial charge on any atom is -0.355 e. The van der Waals surface area contributed by atoms with Crippen molar-refractivity contribution in [3.05, 3.63) is 0 Å². The molecule has 0 radical (unpaired) electrons. The van der Waals surface area contributed by atoms with E-state index in [0.29, 0.717) is 31.7 Å². The molecule has 0 spiro atoms. The lowest BCUT2D eigenvalue weighted by Crippen LogP contribution is -2.48. The van der Waals surface area contributed by atoms with Gasteiger partial charge in [0.1, 0.15) is 5.41 Å². The number of hydrogen-bond donors (Lipinski definition) is 1. The summed E-state index contributed by atoms with van der Waals surface area (Å²) in [5.74, 6) is 0.211. The van der Waals surface area contributed by atoms with E-state index in [9.17, 15) is 18.0 Å². The van der Waals surface area contributed by atoms with Crippen LogP contribution < -0.4 is 5.32 Å². The molecule has 0 aromatic heterocycles. The third kappa shape index (κ3) is 3.62. The minimum absolute atomic E-state index is 0.0142. The third-order valence-electron chi connectivity index (χ3n) is 4.68. The van der Waals surface area contributed by atoms with Crippen molar-refractivity contribution >= 4 is 21.7 Å². The van der Waals surface area contributed by atoms with Crippen LogP contribution in [0.15, 0.2) is 0 Å². The Morgan fingerprint density at radius 3 is 2.41 bits per heavy atom. The summed E-state index contributed by atoms with van der Waals surface area (Å²) in [6.45, 7) is 4.74. The summed E-state index contributed by atoms with van der Waals surface area (Å²) in [6.07, 6.45) is 2.47. The summed E-state index contributed by atoms with van der Waals surface area (Å²) in [5.41, 5.74) is -0.946. The molecular formula is C15H26N2O4S. The molecule has 1 saturated carbocycles. The van der Waals surface area contributed by atoms with Crippen molar-refractivity contribution in [3.8, 4) is 0 Å². The van der Waals surface area contributed by atoms with Gasteiger partial charge in [-0.1, -0.05) is 13.8 Å². The second-order valence-electron chi connectivity index (χ2n) is 6.99. The lowest BCUT2D eigenvalue weighted by atomic mass is 10.0. The molecule has 6 nitrogen and oxygen atoms in total. The van der Waals surface area contributed by atoms with Gasteiger partial charge < -0.3 is 10.2 Å². The van der Waals surface area contributed by atoms with Gasteiger partial charge in [-0.2, -0.15) is 0 Å². The predicted molar refractivity (Wildman–Crippen MR) is 84.0 cm³/mol. The lowest BCUT2D eigenvalue weighted by molar-refractivity contribution is -0.144. The van der Waals surface area contributed by atoms with E-state index >= 15 is 0 Å². The normalized spacial score (nSPS) is 25.0. The summed E-state index contributed by atoms with van der Waals surface area (Å²) < 4.78 is 23.1. The van der Waals surface area contributed by atoms with Gasteiger partial charge in [0, 0.05) is 19.6 Å². The molecule has 2 fully saturated rings. The van der Waals surface area contributed by atoms with Gasteiger partial charge in [0.2, 0.25) is 11.8 Å². The van der Waals surface area contributed by atoms with Gasteiger partial charge in [-0.3, -0.25) is 9.59 Å². The van der Waals surface area contributed by atoms with E-state index in [1.54, 1.807) is 7.05 Å². The van der Waals surface area contributed by atoms with Gasteiger partial charge in [-0.15, -0.1) is 0 Å². The molecule has 1 N–H and O–H groups in total. The number of carbonyl (C=O) groups excluding carboxylic acids is 2. The number of hydrogen-bond acceptors (Lipinski definition) is 4. The van der Waals surface area contributed by atoms with Crippen molar-refractivity contribution in [3.63, 3.8) is 0 Å². The number of nitrogens with zero attached hydrogens (tertiary/aromatic N) is 1. The van der Waals surface area contributed by atoms with Crippen LogP contribution in [-0.2, 0) is 19.4 Å². The van der Waals surface area contributed by atoms with E-state index in [2.05, 4.69) is 19.2 Å². The van der Waals surface area contributed by atoms with Crippen molar-refractivity contribution in [1.29, 1.82) is 0 Å². The highest BCUT2D eigenvalue weighted by Gasteiger charge is 2.58. The Balaban J connectivity index is 1.95. The van der Waals surface area contributed by atoms with Gasteiger partial charge in [-0.05, 0) is 31.6 Å². The maximum atomic E-state index is 12.6. The third-order valence-corrected chi connectivity index (χ3v) is 6.43. The maximum Gasteiger partial charge on any atom is 0.238 e. The number of carbonyl (C=O) groups is 2. The lowest BCUT2D eigenvalue weighted by Gasteiger charge is -2.27. The van der Waals surface area contributed by atoms with E-state index in [1.807, 2.05) is 0 Å². The van der Waals surface area contributed by atoms with E-state index in [4.69, 9.17) is 0 Å². The second-order valence-corrected chi connectivity index (χ2v) is 9.22. The highest BCUT2D eigenvalue weighted by molar-refractivity contribution is 7.91. The average Bonchev–Trinajstić information content (AvgIpc) is 3.16. The fourth-order valence-electron chi connectivity index (χ4n) is 2.89. The molecule has 1 atom stereocenters. The van der Waals surface area contributed by atoms with E-state index in [1.165, 1.54) is 4.90 Å². The first-order chi connectivity index (χ1) is 10.2. The molecule has 1 saturated heterocycles. The standard InChI is InChI=1S/C15H26N2O4S/c1-11(2)4-8-16-13(18)15(6-7-15)14(19)17(3)12-5-9-22(20,21)10-12/h11-12H,4-10H2,1-3H3,(H,16,18). The molecule has 2 amide bonds. The summed E-state index contributed by atoms with van der Waals surface area (Å²) >= 11 is 0. The Labute approximate surface area is 132 Å². The first-order valence-corrected chi connectivity index (χ1v) is 9.76. The van der Waals surface area contributed by atoms with E-state index in [-0.39, 0.29) is 29.4 Å². The quantitative estimate of drug-likeness (QED) is 0.722. The maximum absolute atomic E-state index is 12.6. The van der Waals surface area contributed by atoms with Gasteiger partial charge in [0.15, 0.2) is 9.84 Å². The SMILES string of the molecule is CC(C)CCNC(=O)C1(C(=O)N(C)C2CCS(=O)(=O)C2)CC1. The van der Waals surface area contributed by atoms with Gasteiger partial charge in [0.05, 0.1) is 11.5 Å². The molecule has 0 aromatic rings. The number of sulfone groups is 1. The Kier molecular flexibility index (Phi) is 4.84. The summed E-state index contributed by atoms with van der Waals surface area (Å²) in [5, 5.41) is 2.85. The Morgan fingerprint density at radius 2 is 1.95 bits per heavy atom. The molecular weight excluding hydrogens is 304 g/mol. The van der Waals surface area contributed by atoms with E-state index < -0.39 is 15.3 Å². The molecule has 22 heavy (non-hydrogen) atoms. The summed E-state index contributed by atoms with van der Waals surface area (Å²) in [7, 11) is -1.42. The molecule has 2 rings (SSSR count). The Hall–Kier alpha value is -1.11. The zero-order chi connectivity index (χ0) is 16.5. The summed E-state index contributed by atoms with van der Waals surface area (Å²) in [6, 6.07) is -0.293. The van der Waals surface area contributed by atoms with Crippen molar-refractivity contribution in [1.82, 2.24) is 10.2 Å². The first-order valence-electron chi connectivity index (χ1n) is 7.94. The number of rotatable bonds is 6. The van der Waals surface area contributed by atoms with Crippen molar-refractivity contribution in [2.75, 3.05) is 25.1 Å². The molecule has 126 valence electrons. The fraction of sp³-hybridized carbons (Fsp3) is 0.867. The topological polar surface area (TPSA) is 83.6 Å². The molecule has 1 unspecified atom stereocenters. The van der Waals surface area contributed by atoms with Crippen LogP contribution in [0.25, 0.3) is 0 Å². The van der Waals surface area contributed by atoms with Crippen LogP contribution in [0.2, 0.25) is 0 Å². The van der Waals surface area contributed by atoms with Crippen LogP contribution in [0.4, 0.5) is 0 Å². The van der Waals surface area contributed by atoms with Crippen LogP contribution in [0, 0.1) is 11.3 Å². The van der Waals surface area contributed by atoms with E-state index in [0.717, 1.165) is 6.42 Å². The second kappa shape index (κ2) is 6.18. The van der Waals surface area contributed by atoms with Gasteiger partial charge >= 0.3 is 0 Å². The predicted octanol–water partition coefficient (Wildman–Crippen LogP) is 0.574. The fourth-order valence-corrected chi connectivity index (χ4v) is 4.67. The average molecular weight is 330 g/mol. The monoisotopic (exact) mass is 330 g/mol. The molecule has 1 aliphatic heterocycles. The highest BCUT2D eigenvalue weighted by Crippen LogP contribution is 2.47. The molecule has 7 heteroatoms. The summed E-state index contributed by atoms with van der Waals surface area (Å²) in [4.78, 5) is 26.4. The first kappa shape index (κ1) is 17.2. The Morgan fingerprint density at radius 1 is 1.32 bits per heavy atom. The van der Waals surface area contributed by atoms with Crippen molar-refractivity contribution in [2.45, 2.75) is 45.6 Å². The minimum atomic E-state index is -3.04. The van der Waals surface area contributed by atoms with Crippen molar-refractivity contribution < 1.29 is 18.0 Å². The van der Waals surface area contributed by atoms with Crippen LogP contribution in [-0.4, -0.2) is 56.3 Å². The Bertz CT molecular complexity index is 552. The zero-order valence-electron chi connectivity index (χ0n) is 13.6. The smallest absolute Gasteiger partial charge is 0.238 e. The van der Waals surface area contributed by atoms with Crippen LogP contribution >= 0.6 is 0 Å². The van der Waals surface area contributed by atoms with Gasteiger partial charge in [-0.25, -0.2) is 8.42 Å².